The zero-order valence-corrected chi connectivity index (χ0v) is 20.8. The summed E-state index contributed by atoms with van der Waals surface area (Å²) in [5.74, 6) is -2.77. The number of aromatic nitrogens is 1. The Morgan fingerprint density at radius 3 is 2.50 bits per heavy atom. The van der Waals surface area contributed by atoms with Crippen molar-refractivity contribution in [2.24, 2.45) is 0 Å². The van der Waals surface area contributed by atoms with Gasteiger partial charge in [-0.2, -0.15) is 0 Å². The molecule has 188 valence electrons. The number of nitrogens with one attached hydrogen (secondary N) is 2. The molecule has 1 aromatic heterocycles. The highest BCUT2D eigenvalue weighted by atomic mass is 32.2. The lowest BCUT2D eigenvalue weighted by molar-refractivity contribution is 0.103. The number of nitrogen functional groups attached to an aromatic ring is 1. The molecule has 1 aliphatic heterocycles. The summed E-state index contributed by atoms with van der Waals surface area (Å²) in [5.41, 5.74) is 5.19. The molecule has 0 unspecified atom stereocenters. The molecule has 1 saturated heterocycles. The molecule has 0 atom stereocenters. The quantitative estimate of drug-likeness (QED) is 0.293. The summed E-state index contributed by atoms with van der Waals surface area (Å²) >= 11 is 0.930. The first-order chi connectivity index (χ1) is 16.2. The molecular weight excluding hydrogens is 484 g/mol. The highest BCUT2D eigenvalue weighted by Gasteiger charge is 2.29. The molecule has 0 spiro atoms. The van der Waals surface area contributed by atoms with Gasteiger partial charge in [-0.05, 0) is 50.9 Å². The van der Waals surface area contributed by atoms with Crippen LogP contribution in [-0.4, -0.2) is 61.5 Å². The van der Waals surface area contributed by atoms with E-state index in [1.165, 1.54) is 10.4 Å². The number of piperidine rings is 1. The van der Waals surface area contributed by atoms with Gasteiger partial charge in [0.15, 0.2) is 5.13 Å². The smallest absolute Gasteiger partial charge is 0.214 e. The van der Waals surface area contributed by atoms with Crippen LogP contribution in [0.1, 0.15) is 54.3 Å². The van der Waals surface area contributed by atoms with E-state index in [2.05, 4.69) is 22.5 Å². The van der Waals surface area contributed by atoms with Crippen LogP contribution in [0.4, 0.5) is 19.7 Å². The summed E-state index contributed by atoms with van der Waals surface area (Å²) in [4.78, 5) is 16.7. The monoisotopic (exact) mass is 515 g/mol. The van der Waals surface area contributed by atoms with Gasteiger partial charge in [0.2, 0.25) is 15.8 Å². The number of rotatable bonds is 12. The minimum Gasteiger partial charge on any atom is -0.382 e. The number of anilines is 2. The van der Waals surface area contributed by atoms with Crippen molar-refractivity contribution in [3.05, 3.63) is 40.3 Å². The number of unbranched alkanes of at least 4 members (excludes halogenated alkanes) is 1. The summed E-state index contributed by atoms with van der Waals surface area (Å²) in [5, 5.41) is 6.79. The number of nitrogens with zero attached hydrogens (tertiary/aromatic N) is 2. The molecule has 3 rings (SSSR count). The molecule has 1 fully saturated rings. The molecule has 0 radical (unpaired) electrons. The van der Waals surface area contributed by atoms with Gasteiger partial charge in [-0.3, -0.25) is 4.79 Å². The average molecular weight is 516 g/mol. The molecule has 1 aromatic carbocycles. The number of carbonyl (C=O) groups excluding carboxylic acids is 1. The fraction of sp³-hybridized carbons (Fsp3) is 0.545. The van der Waals surface area contributed by atoms with Crippen LogP contribution in [0.15, 0.2) is 18.2 Å². The zero-order valence-electron chi connectivity index (χ0n) is 19.1. The minimum atomic E-state index is -3.31. The van der Waals surface area contributed by atoms with Crippen molar-refractivity contribution in [3.8, 4) is 0 Å². The molecule has 2 aromatic rings. The molecule has 34 heavy (non-hydrogen) atoms. The Labute approximate surface area is 203 Å². The first kappa shape index (κ1) is 26.5. The van der Waals surface area contributed by atoms with E-state index in [-0.39, 0.29) is 22.5 Å². The molecule has 0 amide bonds. The van der Waals surface area contributed by atoms with E-state index in [4.69, 9.17) is 5.73 Å². The Kier molecular flexibility index (Phi) is 9.34. The van der Waals surface area contributed by atoms with E-state index in [0.29, 0.717) is 44.0 Å². The second-order valence-electron chi connectivity index (χ2n) is 8.25. The Morgan fingerprint density at radius 2 is 1.85 bits per heavy atom. The first-order valence-electron chi connectivity index (χ1n) is 11.4. The number of hydrogen-bond donors (Lipinski definition) is 3. The summed E-state index contributed by atoms with van der Waals surface area (Å²) < 4.78 is 54.7. The number of nitrogens with two attached hydrogens (primary N) is 1. The molecule has 4 N–H and O–H groups in total. The van der Waals surface area contributed by atoms with Crippen molar-refractivity contribution in [1.29, 1.82) is 0 Å². The van der Waals surface area contributed by atoms with E-state index in [9.17, 15) is 22.0 Å². The topological polar surface area (TPSA) is 117 Å². The normalized spacial score (nSPS) is 15.5. The maximum Gasteiger partial charge on any atom is 0.214 e. The maximum absolute atomic E-state index is 14.0. The molecule has 12 heteroatoms. The van der Waals surface area contributed by atoms with Gasteiger partial charge in [-0.1, -0.05) is 30.7 Å². The van der Waals surface area contributed by atoms with Crippen molar-refractivity contribution < 1.29 is 22.0 Å². The van der Waals surface area contributed by atoms with Crippen LogP contribution in [-0.2, 0) is 10.0 Å². The largest absolute Gasteiger partial charge is 0.382 e. The highest BCUT2D eigenvalue weighted by molar-refractivity contribution is 7.89. The van der Waals surface area contributed by atoms with E-state index in [1.54, 1.807) is 0 Å². The number of halogens is 2. The SMILES string of the molecule is CCCCNCCCS(=O)(=O)N1CCC(Nc2nc(N)c(C(=O)c3c(F)cccc3F)s2)CC1. The Balaban J connectivity index is 1.52. The first-order valence-corrected chi connectivity index (χ1v) is 13.9. The summed E-state index contributed by atoms with van der Waals surface area (Å²) in [6.45, 7) is 4.46. The maximum atomic E-state index is 14.0. The van der Waals surface area contributed by atoms with Crippen molar-refractivity contribution in [2.75, 3.05) is 43.0 Å². The molecule has 0 bridgehead atoms. The fourth-order valence-electron chi connectivity index (χ4n) is 3.77. The van der Waals surface area contributed by atoms with Crippen molar-refractivity contribution in [2.45, 2.75) is 45.1 Å². The minimum absolute atomic E-state index is 0.0425. The lowest BCUT2D eigenvalue weighted by Crippen LogP contribution is -2.43. The molecule has 1 aliphatic rings. The van der Waals surface area contributed by atoms with E-state index >= 15 is 0 Å². The van der Waals surface area contributed by atoms with Crippen LogP contribution < -0.4 is 16.4 Å². The molecule has 8 nitrogen and oxygen atoms in total. The lowest BCUT2D eigenvalue weighted by atomic mass is 10.1. The third-order valence-corrected chi connectivity index (χ3v) is 8.64. The van der Waals surface area contributed by atoms with Gasteiger partial charge in [0.1, 0.15) is 22.3 Å². The Morgan fingerprint density at radius 1 is 1.21 bits per heavy atom. The molecule has 0 saturated carbocycles. The van der Waals surface area contributed by atoms with Crippen molar-refractivity contribution >= 4 is 38.1 Å². The van der Waals surface area contributed by atoms with E-state index < -0.39 is 33.0 Å². The van der Waals surface area contributed by atoms with Gasteiger partial charge in [0.25, 0.3) is 0 Å². The highest BCUT2D eigenvalue weighted by Crippen LogP contribution is 2.30. The summed E-state index contributed by atoms with van der Waals surface area (Å²) in [7, 11) is -3.31. The number of carbonyl (C=O) groups is 1. The molecular formula is C22H31F2N5O3S2. The Hall–Kier alpha value is -2.15. The van der Waals surface area contributed by atoms with Gasteiger partial charge < -0.3 is 16.4 Å². The number of thiazole rings is 1. The van der Waals surface area contributed by atoms with Gasteiger partial charge in [-0.15, -0.1) is 0 Å². The van der Waals surface area contributed by atoms with E-state index in [1.807, 2.05) is 0 Å². The van der Waals surface area contributed by atoms with Gasteiger partial charge >= 0.3 is 0 Å². The zero-order chi connectivity index (χ0) is 24.7. The van der Waals surface area contributed by atoms with Gasteiger partial charge in [0, 0.05) is 19.1 Å². The third kappa shape index (κ3) is 6.71. The summed E-state index contributed by atoms with van der Waals surface area (Å²) in [6, 6.07) is 3.15. The number of sulfonamides is 1. The number of ketones is 1. The second-order valence-corrected chi connectivity index (χ2v) is 11.3. The van der Waals surface area contributed by atoms with Crippen molar-refractivity contribution in [3.63, 3.8) is 0 Å². The van der Waals surface area contributed by atoms with Crippen LogP contribution >= 0.6 is 11.3 Å². The van der Waals surface area contributed by atoms with E-state index in [0.717, 1.165) is 42.9 Å². The predicted octanol–water partition coefficient (Wildman–Crippen LogP) is 3.22. The average Bonchev–Trinajstić information content (AvgIpc) is 3.16. The van der Waals surface area contributed by atoms with Gasteiger partial charge in [0.05, 0.1) is 11.3 Å². The number of benzene rings is 1. The lowest BCUT2D eigenvalue weighted by Gasteiger charge is -2.31. The van der Waals surface area contributed by atoms with Crippen LogP contribution in [0.2, 0.25) is 0 Å². The van der Waals surface area contributed by atoms with Crippen LogP contribution in [0, 0.1) is 11.6 Å². The molecule has 2 heterocycles. The van der Waals surface area contributed by atoms with Gasteiger partial charge in [-0.25, -0.2) is 26.5 Å². The van der Waals surface area contributed by atoms with Crippen LogP contribution in [0.25, 0.3) is 0 Å². The number of hydrogen-bond acceptors (Lipinski definition) is 8. The Bertz CT molecular complexity index is 1070. The van der Waals surface area contributed by atoms with Crippen molar-refractivity contribution in [1.82, 2.24) is 14.6 Å². The summed E-state index contributed by atoms with van der Waals surface area (Å²) in [6.07, 6.45) is 3.89. The van der Waals surface area contributed by atoms with Crippen LogP contribution in [0.5, 0.6) is 0 Å². The standard InChI is InChI=1S/C22H31F2N5O3S2/c1-2-3-10-26-11-5-14-34(31,32)29-12-8-15(9-13-29)27-22-28-21(25)20(33-22)19(30)18-16(23)6-4-7-17(18)24/h4,6-7,15,26H,2-3,5,8-14,25H2,1H3,(H,27,28). The third-order valence-electron chi connectivity index (χ3n) is 5.69. The molecule has 0 aliphatic carbocycles. The van der Waals surface area contributed by atoms with Crippen LogP contribution in [0.3, 0.4) is 0 Å². The fourth-order valence-corrected chi connectivity index (χ4v) is 6.22. The predicted molar refractivity (Wildman–Crippen MR) is 131 cm³/mol. The second kappa shape index (κ2) is 12.0.